The van der Waals surface area contributed by atoms with E-state index in [1.165, 1.54) is 12.1 Å². The molecule has 0 amide bonds. The highest BCUT2D eigenvalue weighted by atomic mass is 32.2. The zero-order chi connectivity index (χ0) is 22.1. The summed E-state index contributed by atoms with van der Waals surface area (Å²) in [5.41, 5.74) is 3.06. The van der Waals surface area contributed by atoms with Crippen LogP contribution in [0.25, 0.3) is 0 Å². The minimum absolute atomic E-state index is 0.100. The number of hydrogen-bond acceptors (Lipinski definition) is 5. The Bertz CT molecular complexity index is 987. The molecule has 0 fully saturated rings. The fraction of sp³-hybridized carbons (Fsp3) is 0.250. The van der Waals surface area contributed by atoms with Gasteiger partial charge in [-0.2, -0.15) is 0 Å². The lowest BCUT2D eigenvalue weighted by molar-refractivity contribution is 0.00671. The fourth-order valence-electron chi connectivity index (χ4n) is 3.25. The summed E-state index contributed by atoms with van der Waals surface area (Å²) in [7, 11) is -3.67. The van der Waals surface area contributed by atoms with Crippen molar-refractivity contribution in [2.24, 2.45) is 5.14 Å². The molecular weight excluding hydrogens is 412 g/mol. The van der Waals surface area contributed by atoms with Gasteiger partial charge in [-0.05, 0) is 41.8 Å². The molecule has 3 aromatic carbocycles. The summed E-state index contributed by atoms with van der Waals surface area (Å²) in [6.45, 7) is 1.24. The Labute approximate surface area is 183 Å². The number of benzene rings is 3. The normalized spacial score (nSPS) is 12.7. The summed E-state index contributed by atoms with van der Waals surface area (Å²) in [6.07, 6.45) is -0.191. The number of sulfonamides is 1. The number of hydrogen-bond donors (Lipinski definition) is 3. The molecule has 0 saturated heterocycles. The zero-order valence-electron chi connectivity index (χ0n) is 17.2. The van der Waals surface area contributed by atoms with Crippen molar-refractivity contribution in [3.63, 3.8) is 0 Å². The fourth-order valence-corrected chi connectivity index (χ4v) is 3.77. The highest BCUT2D eigenvalue weighted by molar-refractivity contribution is 7.89. The molecule has 0 unspecified atom stereocenters. The number of ether oxygens (including phenoxy) is 1. The summed E-state index contributed by atoms with van der Waals surface area (Å²) < 4.78 is 28.7. The molecule has 0 aliphatic heterocycles. The van der Waals surface area contributed by atoms with E-state index in [4.69, 9.17) is 9.88 Å². The Kier molecular flexibility index (Phi) is 8.34. The molecule has 1 atom stereocenters. The number of nitrogens with two attached hydrogens (primary N) is 1. The topological polar surface area (TPSA) is 102 Å². The Morgan fingerprint density at radius 3 is 1.94 bits per heavy atom. The van der Waals surface area contributed by atoms with Crippen molar-refractivity contribution in [2.75, 3.05) is 19.7 Å². The van der Waals surface area contributed by atoms with Gasteiger partial charge < -0.3 is 15.2 Å². The highest BCUT2D eigenvalue weighted by Crippen LogP contribution is 2.25. The zero-order valence-corrected chi connectivity index (χ0v) is 18.0. The van der Waals surface area contributed by atoms with E-state index in [1.807, 2.05) is 60.7 Å². The van der Waals surface area contributed by atoms with Crippen molar-refractivity contribution in [1.82, 2.24) is 5.32 Å². The van der Waals surface area contributed by atoms with Crippen LogP contribution in [0.4, 0.5) is 0 Å². The maximum Gasteiger partial charge on any atom is 0.238 e. The SMILES string of the molecule is NS(=O)(=O)c1ccc(CCNC[C@@H](O)COC(c2ccccc2)c2ccccc2)cc1. The number of rotatable bonds is 11. The van der Waals surface area contributed by atoms with Crippen LogP contribution in [-0.2, 0) is 21.2 Å². The molecule has 0 aliphatic rings. The quantitative estimate of drug-likeness (QED) is 0.398. The third kappa shape index (κ3) is 7.27. The summed E-state index contributed by atoms with van der Waals surface area (Å²) in [5, 5.41) is 18.7. The van der Waals surface area contributed by atoms with Crippen molar-refractivity contribution < 1.29 is 18.3 Å². The van der Waals surface area contributed by atoms with Crippen LogP contribution in [-0.4, -0.2) is 39.3 Å². The van der Waals surface area contributed by atoms with Crippen LogP contribution in [0, 0.1) is 0 Å². The predicted molar refractivity (Wildman–Crippen MR) is 121 cm³/mol. The lowest BCUT2D eigenvalue weighted by atomic mass is 10.0. The predicted octanol–water partition coefficient (Wildman–Crippen LogP) is 2.63. The van der Waals surface area contributed by atoms with Gasteiger partial charge in [0.05, 0.1) is 17.6 Å². The van der Waals surface area contributed by atoms with Gasteiger partial charge in [0.1, 0.15) is 6.10 Å². The van der Waals surface area contributed by atoms with Crippen molar-refractivity contribution in [3.05, 3.63) is 102 Å². The molecule has 0 saturated carbocycles. The smallest absolute Gasteiger partial charge is 0.238 e. The molecule has 0 aliphatic carbocycles. The van der Waals surface area contributed by atoms with E-state index >= 15 is 0 Å². The van der Waals surface area contributed by atoms with E-state index in [1.54, 1.807) is 12.1 Å². The maximum absolute atomic E-state index is 11.3. The van der Waals surface area contributed by atoms with Crippen LogP contribution in [0.15, 0.2) is 89.8 Å². The van der Waals surface area contributed by atoms with Crippen molar-refractivity contribution >= 4 is 10.0 Å². The average Bonchev–Trinajstić information content (AvgIpc) is 2.78. The Hall–Kier alpha value is -2.55. The highest BCUT2D eigenvalue weighted by Gasteiger charge is 2.16. The lowest BCUT2D eigenvalue weighted by Crippen LogP contribution is -2.32. The second kappa shape index (κ2) is 11.2. The van der Waals surface area contributed by atoms with Crippen molar-refractivity contribution in [2.45, 2.75) is 23.5 Å². The molecule has 6 nitrogen and oxygen atoms in total. The maximum atomic E-state index is 11.3. The second-order valence-corrected chi connectivity index (χ2v) is 8.89. The van der Waals surface area contributed by atoms with Crippen LogP contribution in [0.5, 0.6) is 0 Å². The van der Waals surface area contributed by atoms with Gasteiger partial charge in [0, 0.05) is 6.54 Å². The van der Waals surface area contributed by atoms with Gasteiger partial charge in [0.15, 0.2) is 0 Å². The molecule has 31 heavy (non-hydrogen) atoms. The standard InChI is InChI=1S/C24H28N2O4S/c25-31(28,29)23-13-11-19(12-14-23)15-16-26-17-22(27)18-30-24(20-7-3-1-4-8-20)21-9-5-2-6-10-21/h1-14,22,24,26-27H,15-18H2,(H2,25,28,29)/t22-/m1/s1. The molecular formula is C24H28N2O4S. The Morgan fingerprint density at radius 1 is 0.871 bits per heavy atom. The minimum atomic E-state index is -3.67. The van der Waals surface area contributed by atoms with E-state index in [-0.39, 0.29) is 17.6 Å². The van der Waals surface area contributed by atoms with Gasteiger partial charge in [0.25, 0.3) is 0 Å². The van der Waals surface area contributed by atoms with Crippen molar-refractivity contribution in [1.29, 1.82) is 0 Å². The van der Waals surface area contributed by atoms with E-state index in [0.717, 1.165) is 16.7 Å². The molecule has 0 aromatic heterocycles. The number of primary sulfonamides is 1. The van der Waals surface area contributed by atoms with Crippen LogP contribution in [0.1, 0.15) is 22.8 Å². The molecule has 4 N–H and O–H groups in total. The van der Waals surface area contributed by atoms with Gasteiger partial charge in [-0.25, -0.2) is 13.6 Å². The molecule has 7 heteroatoms. The molecule has 0 heterocycles. The third-order valence-corrected chi connectivity index (χ3v) is 5.81. The monoisotopic (exact) mass is 440 g/mol. The average molecular weight is 441 g/mol. The first-order valence-electron chi connectivity index (χ1n) is 10.2. The summed E-state index contributed by atoms with van der Waals surface area (Å²) in [4.78, 5) is 0.100. The number of aliphatic hydroxyl groups excluding tert-OH is 1. The van der Waals surface area contributed by atoms with Gasteiger partial charge in [-0.15, -0.1) is 0 Å². The Morgan fingerprint density at radius 2 is 1.42 bits per heavy atom. The minimum Gasteiger partial charge on any atom is -0.389 e. The molecule has 0 bridgehead atoms. The van der Waals surface area contributed by atoms with E-state index in [2.05, 4.69) is 5.32 Å². The van der Waals surface area contributed by atoms with Crippen molar-refractivity contribution in [3.8, 4) is 0 Å². The molecule has 0 radical (unpaired) electrons. The first-order valence-corrected chi connectivity index (χ1v) is 11.7. The van der Waals surface area contributed by atoms with Gasteiger partial charge in [-0.1, -0.05) is 72.8 Å². The van der Waals surface area contributed by atoms with E-state index in [0.29, 0.717) is 19.5 Å². The molecule has 3 rings (SSSR count). The summed E-state index contributed by atoms with van der Waals surface area (Å²) in [5.74, 6) is 0. The Balaban J connectivity index is 1.46. The molecule has 3 aromatic rings. The first kappa shape index (κ1) is 23.1. The second-order valence-electron chi connectivity index (χ2n) is 7.33. The summed E-state index contributed by atoms with van der Waals surface area (Å²) >= 11 is 0. The van der Waals surface area contributed by atoms with Crippen LogP contribution >= 0.6 is 0 Å². The number of nitrogens with one attached hydrogen (secondary N) is 1. The van der Waals surface area contributed by atoms with Crippen LogP contribution < -0.4 is 10.5 Å². The van der Waals surface area contributed by atoms with E-state index in [9.17, 15) is 13.5 Å². The first-order chi connectivity index (χ1) is 14.9. The van der Waals surface area contributed by atoms with E-state index < -0.39 is 16.1 Å². The third-order valence-electron chi connectivity index (χ3n) is 4.88. The van der Waals surface area contributed by atoms with Crippen LogP contribution in [0.2, 0.25) is 0 Å². The summed E-state index contributed by atoms with van der Waals surface area (Å²) in [6, 6.07) is 26.4. The molecule has 0 spiro atoms. The van der Waals surface area contributed by atoms with Crippen LogP contribution in [0.3, 0.4) is 0 Å². The lowest BCUT2D eigenvalue weighted by Gasteiger charge is -2.21. The van der Waals surface area contributed by atoms with Gasteiger partial charge >= 0.3 is 0 Å². The van der Waals surface area contributed by atoms with Gasteiger partial charge in [-0.3, -0.25) is 0 Å². The van der Waals surface area contributed by atoms with Gasteiger partial charge in [0.2, 0.25) is 10.0 Å². The molecule has 164 valence electrons. The largest absolute Gasteiger partial charge is 0.389 e. The number of aliphatic hydroxyl groups is 1.